The summed E-state index contributed by atoms with van der Waals surface area (Å²) in [6, 6.07) is 0. The molecule has 1 aromatic heterocycles. The lowest BCUT2D eigenvalue weighted by molar-refractivity contribution is -0.0442. The highest BCUT2D eigenvalue weighted by Crippen LogP contribution is 2.27. The second kappa shape index (κ2) is 5.58. The Kier molecular flexibility index (Phi) is 4.32. The van der Waals surface area contributed by atoms with Gasteiger partial charge in [0.05, 0.1) is 11.3 Å². The van der Waals surface area contributed by atoms with E-state index in [0.717, 1.165) is 12.8 Å². The van der Waals surface area contributed by atoms with Gasteiger partial charge in [0.15, 0.2) is 5.69 Å². The number of hydrogen-bond donors (Lipinski definition) is 1. The average Bonchev–Trinajstić information content (AvgIpc) is 2.80. The number of carbonyl (C=O) groups is 1. The van der Waals surface area contributed by atoms with Crippen LogP contribution in [0, 0.1) is 6.92 Å². The summed E-state index contributed by atoms with van der Waals surface area (Å²) in [5.41, 5.74) is -0.345. The topological polar surface area (TPSA) is 92.4 Å². The van der Waals surface area contributed by atoms with Crippen LogP contribution in [0.1, 0.15) is 35.9 Å². The molecule has 1 aliphatic heterocycles. The Morgan fingerprint density at radius 2 is 2.19 bits per heavy atom. The Bertz CT molecular complexity index is 657. The van der Waals surface area contributed by atoms with Crippen molar-refractivity contribution in [1.29, 1.82) is 0 Å². The number of hydrogen-bond acceptors (Lipinski definition) is 5. The van der Waals surface area contributed by atoms with Crippen molar-refractivity contribution in [3.05, 3.63) is 11.4 Å². The van der Waals surface area contributed by atoms with E-state index in [1.807, 2.05) is 6.92 Å². The number of carbonyl (C=O) groups excluding carboxylic acids is 1. The van der Waals surface area contributed by atoms with Gasteiger partial charge in [-0.2, -0.15) is 5.10 Å². The normalized spacial score (nSPS) is 23.3. The van der Waals surface area contributed by atoms with Gasteiger partial charge in [0.25, 0.3) is 15.0 Å². The van der Waals surface area contributed by atoms with Gasteiger partial charge < -0.3 is 9.64 Å². The first kappa shape index (κ1) is 16.3. The molecule has 1 fully saturated rings. The molecule has 1 aromatic rings. The van der Waals surface area contributed by atoms with Crippen LogP contribution >= 0.6 is 10.7 Å². The van der Waals surface area contributed by atoms with Crippen LogP contribution in [0.5, 0.6) is 0 Å². The van der Waals surface area contributed by atoms with Gasteiger partial charge in [-0.25, -0.2) is 8.42 Å². The number of aromatic amines is 1. The van der Waals surface area contributed by atoms with Gasteiger partial charge in [-0.3, -0.25) is 9.89 Å². The number of piperidine rings is 1. The number of halogens is 1. The number of methoxy groups -OCH3 is 1. The van der Waals surface area contributed by atoms with Crippen LogP contribution in [0.15, 0.2) is 4.90 Å². The van der Waals surface area contributed by atoms with Crippen molar-refractivity contribution in [2.75, 3.05) is 20.2 Å². The van der Waals surface area contributed by atoms with E-state index in [4.69, 9.17) is 15.4 Å². The molecule has 2 heterocycles. The number of nitrogens with zero attached hydrogens (tertiary/aromatic N) is 2. The lowest BCUT2D eigenvalue weighted by Crippen LogP contribution is -2.49. The molecule has 1 amide bonds. The van der Waals surface area contributed by atoms with Crippen molar-refractivity contribution in [3.63, 3.8) is 0 Å². The maximum absolute atomic E-state index is 12.5. The van der Waals surface area contributed by atoms with Crippen molar-refractivity contribution in [2.45, 2.75) is 37.2 Å². The zero-order chi connectivity index (χ0) is 15.8. The summed E-state index contributed by atoms with van der Waals surface area (Å²) in [5, 5.41) is 6.32. The maximum Gasteiger partial charge on any atom is 0.275 e. The number of aromatic nitrogens is 2. The molecule has 1 saturated heterocycles. The summed E-state index contributed by atoms with van der Waals surface area (Å²) in [6.45, 7) is 4.34. The molecule has 1 aliphatic rings. The third-order valence-corrected chi connectivity index (χ3v) is 5.23. The van der Waals surface area contributed by atoms with Crippen molar-refractivity contribution < 1.29 is 17.9 Å². The van der Waals surface area contributed by atoms with E-state index in [-0.39, 0.29) is 16.3 Å². The van der Waals surface area contributed by atoms with Gasteiger partial charge in [0, 0.05) is 30.9 Å². The largest absolute Gasteiger partial charge is 0.377 e. The summed E-state index contributed by atoms with van der Waals surface area (Å²) < 4.78 is 28.7. The van der Waals surface area contributed by atoms with Crippen LogP contribution in [0.2, 0.25) is 0 Å². The summed E-state index contributed by atoms with van der Waals surface area (Å²) in [4.78, 5) is 13.8. The highest BCUT2D eigenvalue weighted by Gasteiger charge is 2.36. The first-order chi connectivity index (χ1) is 9.68. The maximum atomic E-state index is 12.5. The SMILES string of the molecule is COC1(C)CCCN(C(=O)c2n[nH]c(C)c2S(=O)(=O)Cl)C1. The standard InChI is InChI=1S/C12H18ClN3O4S/c1-8-10(21(13,18)19)9(15-14-8)11(17)16-6-4-5-12(2,7-16)20-3/h4-7H2,1-3H3,(H,14,15). The lowest BCUT2D eigenvalue weighted by Gasteiger charge is -2.39. The minimum Gasteiger partial charge on any atom is -0.377 e. The van der Waals surface area contributed by atoms with Gasteiger partial charge in [0.1, 0.15) is 4.90 Å². The van der Waals surface area contributed by atoms with Crippen molar-refractivity contribution in [2.24, 2.45) is 0 Å². The minimum atomic E-state index is -4.04. The number of H-pyrrole nitrogens is 1. The zero-order valence-electron chi connectivity index (χ0n) is 12.1. The van der Waals surface area contributed by atoms with Gasteiger partial charge in [-0.1, -0.05) is 0 Å². The van der Waals surface area contributed by atoms with Crippen LogP contribution in [0.25, 0.3) is 0 Å². The summed E-state index contributed by atoms with van der Waals surface area (Å²) in [5.74, 6) is -0.457. The molecular weight excluding hydrogens is 318 g/mol. The molecule has 1 unspecified atom stereocenters. The van der Waals surface area contributed by atoms with Crippen molar-refractivity contribution in [3.8, 4) is 0 Å². The zero-order valence-corrected chi connectivity index (χ0v) is 13.7. The number of likely N-dealkylation sites (tertiary alicyclic amines) is 1. The van der Waals surface area contributed by atoms with Crippen molar-refractivity contribution >= 4 is 25.6 Å². The molecule has 0 aliphatic carbocycles. The number of amides is 1. The minimum absolute atomic E-state index is 0.164. The van der Waals surface area contributed by atoms with Crippen molar-refractivity contribution in [1.82, 2.24) is 15.1 Å². The van der Waals surface area contributed by atoms with E-state index in [0.29, 0.717) is 13.1 Å². The van der Waals surface area contributed by atoms with E-state index in [1.54, 1.807) is 12.0 Å². The fourth-order valence-corrected chi connectivity index (χ4v) is 3.90. The molecule has 0 radical (unpaired) electrons. The van der Waals surface area contributed by atoms with E-state index in [2.05, 4.69) is 10.2 Å². The Labute approximate surface area is 128 Å². The molecule has 1 atom stereocenters. The molecule has 0 aromatic carbocycles. The summed E-state index contributed by atoms with van der Waals surface area (Å²) in [6.07, 6.45) is 1.62. The molecule has 0 saturated carbocycles. The third kappa shape index (κ3) is 3.22. The Morgan fingerprint density at radius 1 is 1.52 bits per heavy atom. The monoisotopic (exact) mass is 335 g/mol. The van der Waals surface area contributed by atoms with Gasteiger partial charge >= 0.3 is 0 Å². The number of ether oxygens (including phenoxy) is 1. The van der Waals surface area contributed by atoms with Crippen LogP contribution in [0.3, 0.4) is 0 Å². The van der Waals surface area contributed by atoms with Crippen LogP contribution in [0.4, 0.5) is 0 Å². The molecule has 2 rings (SSSR count). The first-order valence-corrected chi connectivity index (χ1v) is 8.83. The number of rotatable bonds is 3. The van der Waals surface area contributed by atoms with Gasteiger partial charge in [0.2, 0.25) is 0 Å². The molecule has 1 N–H and O–H groups in total. The highest BCUT2D eigenvalue weighted by atomic mass is 35.7. The van der Waals surface area contributed by atoms with Crippen LogP contribution in [-0.2, 0) is 13.8 Å². The Morgan fingerprint density at radius 3 is 2.76 bits per heavy atom. The highest BCUT2D eigenvalue weighted by molar-refractivity contribution is 8.13. The predicted molar refractivity (Wildman–Crippen MR) is 76.9 cm³/mol. The molecule has 21 heavy (non-hydrogen) atoms. The Balaban J connectivity index is 2.34. The lowest BCUT2D eigenvalue weighted by atomic mass is 9.94. The third-order valence-electron chi connectivity index (χ3n) is 3.78. The fraction of sp³-hybridized carbons (Fsp3) is 0.667. The van der Waals surface area contributed by atoms with E-state index >= 15 is 0 Å². The predicted octanol–water partition coefficient (Wildman–Crippen LogP) is 1.29. The smallest absolute Gasteiger partial charge is 0.275 e. The molecule has 0 bridgehead atoms. The number of aryl methyl sites for hydroxylation is 1. The van der Waals surface area contributed by atoms with Gasteiger partial charge in [-0.05, 0) is 26.7 Å². The summed E-state index contributed by atoms with van der Waals surface area (Å²) >= 11 is 0. The molecular formula is C12H18ClN3O4S. The Hall–Kier alpha value is -1.12. The van der Waals surface area contributed by atoms with E-state index < -0.39 is 20.6 Å². The summed E-state index contributed by atoms with van der Waals surface area (Å²) in [7, 11) is 2.95. The molecule has 0 spiro atoms. The molecule has 7 nitrogen and oxygen atoms in total. The first-order valence-electron chi connectivity index (χ1n) is 6.52. The molecule has 118 valence electrons. The van der Waals surface area contributed by atoms with Gasteiger partial charge in [-0.15, -0.1) is 0 Å². The quantitative estimate of drug-likeness (QED) is 0.840. The second-order valence-corrected chi connectivity index (χ2v) is 7.95. The van der Waals surface area contributed by atoms with Crippen LogP contribution in [-0.4, -0.2) is 55.2 Å². The molecule has 9 heteroatoms. The average molecular weight is 336 g/mol. The van der Waals surface area contributed by atoms with Crippen LogP contribution < -0.4 is 0 Å². The van der Waals surface area contributed by atoms with E-state index in [9.17, 15) is 13.2 Å². The number of nitrogens with one attached hydrogen (secondary N) is 1. The van der Waals surface area contributed by atoms with E-state index in [1.165, 1.54) is 6.92 Å². The second-order valence-electron chi connectivity index (χ2n) is 5.45. The fourth-order valence-electron chi connectivity index (χ4n) is 2.56.